The van der Waals surface area contributed by atoms with Crippen molar-refractivity contribution in [3.63, 3.8) is 0 Å². The van der Waals surface area contributed by atoms with Gasteiger partial charge in [-0.25, -0.2) is 4.79 Å². The molecule has 0 aliphatic carbocycles. The zero-order chi connectivity index (χ0) is 10.1. The van der Waals surface area contributed by atoms with Gasteiger partial charge >= 0.3 is 5.97 Å². The van der Waals surface area contributed by atoms with Gasteiger partial charge in [0.15, 0.2) is 0 Å². The van der Waals surface area contributed by atoms with Crippen molar-refractivity contribution in [1.82, 2.24) is 0 Å². The van der Waals surface area contributed by atoms with Gasteiger partial charge in [0.1, 0.15) is 0 Å². The van der Waals surface area contributed by atoms with E-state index in [-0.39, 0.29) is 0 Å². The molecule has 0 aliphatic rings. The Balaban J connectivity index is 3.99. The van der Waals surface area contributed by atoms with Gasteiger partial charge in [0.25, 0.3) is 0 Å². The highest BCUT2D eigenvalue weighted by molar-refractivity contribution is 5.87. The molecular formula is C9H16O4. The molecule has 0 unspecified atom stereocenters. The molecule has 13 heavy (non-hydrogen) atoms. The summed E-state index contributed by atoms with van der Waals surface area (Å²) in [5.74, 6) is -0.488. The minimum Gasteiger partial charge on any atom is -0.501 e. The lowest BCUT2D eigenvalue weighted by molar-refractivity contribution is -0.265. The molecule has 0 radical (unpaired) electrons. The summed E-state index contributed by atoms with van der Waals surface area (Å²) in [5.41, 5.74) is 0.468. The van der Waals surface area contributed by atoms with Gasteiger partial charge in [-0.3, -0.25) is 4.89 Å². The Hall–Kier alpha value is -1.03. The predicted molar refractivity (Wildman–Crippen MR) is 47.7 cm³/mol. The Labute approximate surface area is 78.4 Å². The van der Waals surface area contributed by atoms with Crippen molar-refractivity contribution in [3.8, 4) is 0 Å². The van der Waals surface area contributed by atoms with Gasteiger partial charge in [0.2, 0.25) is 0 Å². The Morgan fingerprint density at radius 2 is 1.92 bits per heavy atom. The zero-order valence-electron chi connectivity index (χ0n) is 8.33. The lowest BCUT2D eigenvalue weighted by atomic mass is 10.2. The summed E-state index contributed by atoms with van der Waals surface area (Å²) in [7, 11) is 0. The summed E-state index contributed by atoms with van der Waals surface area (Å²) >= 11 is 0. The molecule has 0 saturated heterocycles. The molecule has 0 bridgehead atoms. The fourth-order valence-corrected chi connectivity index (χ4v) is 0.626. The molecule has 0 fully saturated rings. The molecule has 0 aliphatic heterocycles. The maximum Gasteiger partial charge on any atom is 0.372 e. The van der Waals surface area contributed by atoms with Gasteiger partial charge in [-0.1, -0.05) is 6.92 Å². The van der Waals surface area contributed by atoms with Crippen LogP contribution in [0.4, 0.5) is 0 Å². The summed E-state index contributed by atoms with van der Waals surface area (Å²) in [4.78, 5) is 20.1. The van der Waals surface area contributed by atoms with Crippen LogP contribution in [0.3, 0.4) is 0 Å². The number of carbonyl (C=O) groups excluding carboxylic acids is 1. The van der Waals surface area contributed by atoms with Gasteiger partial charge in [0, 0.05) is 0 Å². The van der Waals surface area contributed by atoms with Crippen LogP contribution < -0.4 is 0 Å². The number of hydrogen-bond donors (Lipinski definition) is 0. The summed E-state index contributed by atoms with van der Waals surface area (Å²) in [5, 5.41) is 0. The van der Waals surface area contributed by atoms with E-state index in [4.69, 9.17) is 4.74 Å². The average molecular weight is 188 g/mol. The highest BCUT2D eigenvalue weighted by Crippen LogP contribution is 2.04. The monoisotopic (exact) mass is 188 g/mol. The van der Waals surface area contributed by atoms with Gasteiger partial charge in [-0.05, 0) is 20.3 Å². The van der Waals surface area contributed by atoms with Crippen molar-refractivity contribution < 1.29 is 19.3 Å². The Morgan fingerprint density at radius 3 is 2.38 bits per heavy atom. The normalized spacial score (nSPS) is 11.2. The van der Waals surface area contributed by atoms with Gasteiger partial charge in [0.05, 0.1) is 25.0 Å². The summed E-state index contributed by atoms with van der Waals surface area (Å²) < 4.78 is 4.97. The lowest BCUT2D eigenvalue weighted by Gasteiger charge is -2.03. The van der Waals surface area contributed by atoms with Crippen molar-refractivity contribution in [2.45, 2.75) is 27.2 Å². The number of hydrogen-bond acceptors (Lipinski definition) is 4. The highest BCUT2D eigenvalue weighted by atomic mass is 17.2. The van der Waals surface area contributed by atoms with Crippen LogP contribution in [0, 0.1) is 0 Å². The van der Waals surface area contributed by atoms with Crippen LogP contribution >= 0.6 is 0 Å². The second-order valence-corrected chi connectivity index (χ2v) is 2.23. The molecule has 0 N–H and O–H groups in total. The van der Waals surface area contributed by atoms with Crippen LogP contribution in [0.5, 0.6) is 0 Å². The third-order valence-corrected chi connectivity index (χ3v) is 1.29. The maximum atomic E-state index is 11.1. The zero-order valence-corrected chi connectivity index (χ0v) is 8.33. The van der Waals surface area contributed by atoms with Crippen molar-refractivity contribution in [2.24, 2.45) is 0 Å². The first kappa shape index (κ1) is 12.0. The smallest absolute Gasteiger partial charge is 0.372 e. The van der Waals surface area contributed by atoms with Crippen LogP contribution in [-0.4, -0.2) is 19.2 Å². The Kier molecular flexibility index (Phi) is 7.01. The molecule has 0 aromatic heterocycles. The SMILES string of the molecule is CCOC=C(CC)C(=O)OOCC. The minimum absolute atomic E-state index is 0.345. The molecule has 0 aromatic carbocycles. The summed E-state index contributed by atoms with van der Waals surface area (Å²) in [6.45, 7) is 6.31. The topological polar surface area (TPSA) is 44.8 Å². The molecular weight excluding hydrogens is 172 g/mol. The third kappa shape index (κ3) is 5.25. The van der Waals surface area contributed by atoms with Crippen molar-refractivity contribution >= 4 is 5.97 Å². The van der Waals surface area contributed by atoms with Gasteiger partial charge in [-0.15, -0.1) is 0 Å². The number of rotatable bonds is 6. The van der Waals surface area contributed by atoms with E-state index in [9.17, 15) is 4.79 Å². The second-order valence-electron chi connectivity index (χ2n) is 2.23. The first-order chi connectivity index (χ1) is 6.26. The van der Waals surface area contributed by atoms with Crippen molar-refractivity contribution in [1.29, 1.82) is 0 Å². The second kappa shape index (κ2) is 7.61. The fraction of sp³-hybridized carbons (Fsp3) is 0.667. The molecule has 4 nitrogen and oxygen atoms in total. The van der Waals surface area contributed by atoms with Crippen molar-refractivity contribution in [2.75, 3.05) is 13.2 Å². The van der Waals surface area contributed by atoms with Crippen LogP contribution in [0.15, 0.2) is 11.8 Å². The molecule has 0 rings (SSSR count). The van der Waals surface area contributed by atoms with E-state index in [2.05, 4.69) is 9.78 Å². The fourth-order valence-electron chi connectivity index (χ4n) is 0.626. The van der Waals surface area contributed by atoms with E-state index in [1.165, 1.54) is 6.26 Å². The van der Waals surface area contributed by atoms with Crippen molar-refractivity contribution in [3.05, 3.63) is 11.8 Å². The molecule has 0 heterocycles. The molecule has 0 spiro atoms. The van der Waals surface area contributed by atoms with Crippen LogP contribution in [0.25, 0.3) is 0 Å². The molecule has 0 saturated carbocycles. The molecule has 0 atom stereocenters. The third-order valence-electron chi connectivity index (χ3n) is 1.29. The van der Waals surface area contributed by atoms with Crippen LogP contribution in [0.2, 0.25) is 0 Å². The quantitative estimate of drug-likeness (QED) is 0.276. The number of ether oxygens (including phenoxy) is 1. The lowest BCUT2D eigenvalue weighted by Crippen LogP contribution is -2.08. The van der Waals surface area contributed by atoms with E-state index in [1.807, 2.05) is 13.8 Å². The molecule has 76 valence electrons. The maximum absolute atomic E-state index is 11.1. The Bertz CT molecular complexity index is 174. The Morgan fingerprint density at radius 1 is 1.23 bits per heavy atom. The predicted octanol–water partition coefficient (Wildman–Crippen LogP) is 1.81. The van der Waals surface area contributed by atoms with Gasteiger partial charge < -0.3 is 4.74 Å². The first-order valence-electron chi connectivity index (χ1n) is 4.40. The van der Waals surface area contributed by atoms with Gasteiger partial charge in [-0.2, -0.15) is 4.89 Å². The van der Waals surface area contributed by atoms with E-state index in [0.29, 0.717) is 25.2 Å². The minimum atomic E-state index is -0.488. The standard InChI is InChI=1S/C9H16O4/c1-4-8(7-11-5-2)9(10)13-12-6-3/h7H,4-6H2,1-3H3. The highest BCUT2D eigenvalue weighted by Gasteiger charge is 2.09. The molecule has 0 aromatic rings. The number of carbonyl (C=O) groups is 1. The van der Waals surface area contributed by atoms with E-state index in [1.54, 1.807) is 6.92 Å². The van der Waals surface area contributed by atoms with Crippen LogP contribution in [-0.2, 0) is 19.3 Å². The van der Waals surface area contributed by atoms with E-state index < -0.39 is 5.97 Å². The van der Waals surface area contributed by atoms with Crippen LogP contribution in [0.1, 0.15) is 27.2 Å². The summed E-state index contributed by atoms with van der Waals surface area (Å²) in [6, 6.07) is 0. The molecule has 0 amide bonds. The molecule has 4 heteroatoms. The largest absolute Gasteiger partial charge is 0.501 e. The first-order valence-corrected chi connectivity index (χ1v) is 4.40. The van der Waals surface area contributed by atoms with E-state index >= 15 is 0 Å². The van der Waals surface area contributed by atoms with E-state index in [0.717, 1.165) is 0 Å². The average Bonchev–Trinajstić information content (AvgIpc) is 2.16. The summed E-state index contributed by atoms with van der Waals surface area (Å²) in [6.07, 6.45) is 1.97.